The highest BCUT2D eigenvalue weighted by Crippen LogP contribution is 2.19. The first-order valence-electron chi connectivity index (χ1n) is 5.33. The number of esters is 1. The third-order valence-electron chi connectivity index (χ3n) is 2.26. The van der Waals surface area contributed by atoms with Crippen molar-refractivity contribution in [3.63, 3.8) is 0 Å². The van der Waals surface area contributed by atoms with Gasteiger partial charge < -0.3 is 10.5 Å². The molecule has 0 radical (unpaired) electrons. The highest BCUT2D eigenvalue weighted by atomic mass is 32.2. The molecule has 0 fully saturated rings. The molecule has 0 saturated heterocycles. The Hall–Kier alpha value is -2.04. The van der Waals surface area contributed by atoms with Gasteiger partial charge in [-0.1, -0.05) is 0 Å². The second kappa shape index (κ2) is 6.22. The molecule has 0 spiro atoms. The third kappa shape index (κ3) is 3.71. The van der Waals surface area contributed by atoms with Gasteiger partial charge in [0.25, 0.3) is 0 Å². The minimum absolute atomic E-state index is 0.0776. The minimum atomic E-state index is -3.87. The fourth-order valence-corrected chi connectivity index (χ4v) is 2.63. The Balaban J connectivity index is 3.21. The van der Waals surface area contributed by atoms with Crippen LogP contribution in [0, 0.1) is 12.3 Å². The molecular formula is C12H14N2O4S. The number of methoxy groups -OCH3 is 1. The number of nitrogens with two attached hydrogens (primary N) is 1. The summed E-state index contributed by atoms with van der Waals surface area (Å²) in [5, 5.41) is 0. The lowest BCUT2D eigenvalue weighted by molar-refractivity contribution is 0.0596. The van der Waals surface area contributed by atoms with Crippen molar-refractivity contribution in [2.24, 2.45) is 0 Å². The smallest absolute Gasteiger partial charge is 0.339 e. The number of nitrogens with one attached hydrogen (secondary N) is 1. The van der Waals surface area contributed by atoms with E-state index < -0.39 is 16.0 Å². The predicted molar refractivity (Wildman–Crippen MR) is 70.8 cm³/mol. The molecule has 7 heteroatoms. The van der Waals surface area contributed by atoms with Gasteiger partial charge in [-0.15, -0.1) is 12.3 Å². The maximum absolute atomic E-state index is 12.1. The molecular weight excluding hydrogens is 268 g/mol. The lowest BCUT2D eigenvalue weighted by atomic mass is 10.2. The molecule has 1 rings (SSSR count). The summed E-state index contributed by atoms with van der Waals surface area (Å²) in [6, 6.07) is 3.92. The average Bonchev–Trinajstić information content (AvgIpc) is 2.38. The monoisotopic (exact) mass is 282 g/mol. The second-order valence-corrected chi connectivity index (χ2v) is 5.33. The maximum Gasteiger partial charge on any atom is 0.339 e. The number of hydrogen-bond donors (Lipinski definition) is 2. The normalized spacial score (nSPS) is 10.7. The molecule has 0 aliphatic heterocycles. The van der Waals surface area contributed by atoms with E-state index in [2.05, 4.69) is 15.4 Å². The molecule has 0 bridgehead atoms. The van der Waals surface area contributed by atoms with E-state index in [1.54, 1.807) is 0 Å². The fourth-order valence-electron chi connectivity index (χ4n) is 1.38. The van der Waals surface area contributed by atoms with Gasteiger partial charge in [-0.2, -0.15) is 0 Å². The van der Waals surface area contributed by atoms with Crippen LogP contribution in [0.25, 0.3) is 0 Å². The number of nitrogen functional groups attached to an aromatic ring is 1. The van der Waals surface area contributed by atoms with E-state index in [-0.39, 0.29) is 29.1 Å². The van der Waals surface area contributed by atoms with Crippen molar-refractivity contribution in [2.75, 3.05) is 19.4 Å². The molecule has 0 aliphatic rings. The van der Waals surface area contributed by atoms with E-state index in [1.807, 2.05) is 0 Å². The van der Waals surface area contributed by atoms with Crippen molar-refractivity contribution in [1.82, 2.24) is 4.72 Å². The SMILES string of the molecule is C#CCCNS(=O)(=O)c1cc(N)ccc1C(=O)OC. The van der Waals surface area contributed by atoms with Crippen molar-refractivity contribution in [2.45, 2.75) is 11.3 Å². The van der Waals surface area contributed by atoms with E-state index in [9.17, 15) is 13.2 Å². The number of sulfonamides is 1. The molecule has 0 atom stereocenters. The van der Waals surface area contributed by atoms with Crippen molar-refractivity contribution < 1.29 is 17.9 Å². The summed E-state index contributed by atoms with van der Waals surface area (Å²) in [4.78, 5) is 11.3. The molecule has 0 amide bonds. The molecule has 0 unspecified atom stereocenters. The summed E-state index contributed by atoms with van der Waals surface area (Å²) in [7, 11) is -2.70. The Morgan fingerprint density at radius 3 is 2.79 bits per heavy atom. The zero-order chi connectivity index (χ0) is 14.5. The van der Waals surface area contributed by atoms with Gasteiger partial charge in [-0.25, -0.2) is 17.9 Å². The molecule has 1 aromatic rings. The summed E-state index contributed by atoms with van der Waals surface area (Å²) in [5.74, 6) is 1.56. The molecule has 0 heterocycles. The number of rotatable bonds is 5. The van der Waals surface area contributed by atoms with Crippen LogP contribution in [-0.4, -0.2) is 28.0 Å². The summed E-state index contributed by atoms with van der Waals surface area (Å²) in [6.07, 6.45) is 5.29. The average molecular weight is 282 g/mol. The van der Waals surface area contributed by atoms with E-state index in [4.69, 9.17) is 12.2 Å². The van der Waals surface area contributed by atoms with Gasteiger partial charge in [0, 0.05) is 18.7 Å². The summed E-state index contributed by atoms with van der Waals surface area (Å²) < 4.78 is 30.9. The van der Waals surface area contributed by atoms with Crippen LogP contribution < -0.4 is 10.5 Å². The first-order valence-corrected chi connectivity index (χ1v) is 6.81. The van der Waals surface area contributed by atoms with Gasteiger partial charge in [-0.05, 0) is 18.2 Å². The molecule has 0 saturated carbocycles. The lowest BCUT2D eigenvalue weighted by Gasteiger charge is -2.10. The first kappa shape index (κ1) is 15.0. The number of terminal acetylenes is 1. The molecule has 1 aromatic carbocycles. The highest BCUT2D eigenvalue weighted by molar-refractivity contribution is 7.89. The third-order valence-corrected chi connectivity index (χ3v) is 3.76. The van der Waals surface area contributed by atoms with Gasteiger partial charge in [0.2, 0.25) is 10.0 Å². The number of ether oxygens (including phenoxy) is 1. The summed E-state index contributed by atoms with van der Waals surface area (Å²) in [6.45, 7) is 0.0776. The number of benzene rings is 1. The van der Waals surface area contributed by atoms with Crippen LogP contribution in [0.5, 0.6) is 0 Å². The highest BCUT2D eigenvalue weighted by Gasteiger charge is 2.22. The first-order chi connectivity index (χ1) is 8.92. The van der Waals surface area contributed by atoms with Crippen LogP contribution in [0.2, 0.25) is 0 Å². The van der Waals surface area contributed by atoms with Crippen molar-refractivity contribution >= 4 is 21.7 Å². The van der Waals surface area contributed by atoms with Crippen LogP contribution >= 0.6 is 0 Å². The van der Waals surface area contributed by atoms with Crippen LogP contribution in [0.3, 0.4) is 0 Å². The van der Waals surface area contributed by atoms with Crippen molar-refractivity contribution in [3.05, 3.63) is 23.8 Å². The number of carbonyl (C=O) groups is 1. The van der Waals surface area contributed by atoms with E-state index in [0.717, 1.165) is 0 Å². The zero-order valence-corrected chi connectivity index (χ0v) is 11.2. The number of carbonyl (C=O) groups excluding carboxylic acids is 1. The number of hydrogen-bond acceptors (Lipinski definition) is 5. The number of anilines is 1. The van der Waals surface area contributed by atoms with Crippen molar-refractivity contribution in [3.8, 4) is 12.3 Å². The quantitative estimate of drug-likeness (QED) is 0.351. The molecule has 3 N–H and O–H groups in total. The summed E-state index contributed by atoms with van der Waals surface area (Å²) in [5.41, 5.74) is 5.69. The summed E-state index contributed by atoms with van der Waals surface area (Å²) >= 11 is 0. The van der Waals surface area contributed by atoms with E-state index >= 15 is 0 Å². The Bertz CT molecular complexity index is 617. The molecule has 102 valence electrons. The van der Waals surface area contributed by atoms with Crippen LogP contribution in [-0.2, 0) is 14.8 Å². The van der Waals surface area contributed by atoms with E-state index in [0.29, 0.717) is 0 Å². The minimum Gasteiger partial charge on any atom is -0.465 e. The fraction of sp³-hybridized carbons (Fsp3) is 0.250. The van der Waals surface area contributed by atoms with E-state index in [1.165, 1.54) is 25.3 Å². The molecule has 6 nitrogen and oxygen atoms in total. The molecule has 0 aromatic heterocycles. The maximum atomic E-state index is 12.1. The Kier molecular flexibility index (Phi) is 4.92. The largest absolute Gasteiger partial charge is 0.465 e. The van der Waals surface area contributed by atoms with Crippen LogP contribution in [0.1, 0.15) is 16.8 Å². The predicted octanol–water partition coefficient (Wildman–Crippen LogP) is 0.357. The van der Waals surface area contributed by atoms with Gasteiger partial charge in [0.05, 0.1) is 17.6 Å². The van der Waals surface area contributed by atoms with Gasteiger partial charge >= 0.3 is 5.97 Å². The standard InChI is InChI=1S/C12H14N2O4S/c1-3-4-7-14-19(16,17)11-8-9(13)5-6-10(11)12(15)18-2/h1,5-6,8,14H,4,7,13H2,2H3. The topological polar surface area (TPSA) is 98.5 Å². The van der Waals surface area contributed by atoms with Crippen molar-refractivity contribution in [1.29, 1.82) is 0 Å². The lowest BCUT2D eigenvalue weighted by Crippen LogP contribution is -2.26. The van der Waals surface area contributed by atoms with Crippen LogP contribution in [0.15, 0.2) is 23.1 Å². The zero-order valence-electron chi connectivity index (χ0n) is 10.3. The van der Waals surface area contributed by atoms with Gasteiger partial charge in [0.15, 0.2) is 0 Å². The molecule has 19 heavy (non-hydrogen) atoms. The Morgan fingerprint density at radius 1 is 1.53 bits per heavy atom. The second-order valence-electron chi connectivity index (χ2n) is 3.60. The van der Waals surface area contributed by atoms with Gasteiger partial charge in [-0.3, -0.25) is 0 Å². The molecule has 0 aliphatic carbocycles. The van der Waals surface area contributed by atoms with Gasteiger partial charge in [0.1, 0.15) is 0 Å². The van der Waals surface area contributed by atoms with Crippen LogP contribution in [0.4, 0.5) is 5.69 Å². The Morgan fingerprint density at radius 2 is 2.21 bits per heavy atom. The Labute approximate surface area is 112 Å².